The molecule has 2 heteroatoms. The lowest BCUT2D eigenvalue weighted by Crippen LogP contribution is -2.06. The van der Waals surface area contributed by atoms with E-state index in [-0.39, 0.29) is 0 Å². The summed E-state index contributed by atoms with van der Waals surface area (Å²) in [5.74, 6) is 0. The second kappa shape index (κ2) is 9.95. The molecule has 0 unspecified atom stereocenters. The summed E-state index contributed by atoms with van der Waals surface area (Å²) in [4.78, 5) is 0. The molecule has 0 aliphatic rings. The van der Waals surface area contributed by atoms with E-state index in [2.05, 4.69) is 41.8 Å². The molecule has 0 radical (unpaired) electrons. The summed E-state index contributed by atoms with van der Waals surface area (Å²) in [7, 11) is 1.98. The SMILES string of the molecule is CCCCCCCCNc1cccc(CNC)c1. The molecule has 102 valence electrons. The van der Waals surface area contributed by atoms with Gasteiger partial charge in [0.1, 0.15) is 0 Å². The van der Waals surface area contributed by atoms with Crippen molar-refractivity contribution >= 4 is 5.69 Å². The smallest absolute Gasteiger partial charge is 0.0343 e. The molecule has 0 fully saturated rings. The topological polar surface area (TPSA) is 24.1 Å². The van der Waals surface area contributed by atoms with Crippen LogP contribution in [0.4, 0.5) is 5.69 Å². The first kappa shape index (κ1) is 15.0. The van der Waals surface area contributed by atoms with Gasteiger partial charge in [0, 0.05) is 18.8 Å². The van der Waals surface area contributed by atoms with Gasteiger partial charge in [0.25, 0.3) is 0 Å². The van der Waals surface area contributed by atoms with Gasteiger partial charge in [0.2, 0.25) is 0 Å². The molecule has 0 saturated carbocycles. The zero-order valence-corrected chi connectivity index (χ0v) is 12.0. The van der Waals surface area contributed by atoms with Gasteiger partial charge in [-0.05, 0) is 31.2 Å². The van der Waals surface area contributed by atoms with Crippen molar-refractivity contribution in [1.82, 2.24) is 5.32 Å². The Kier molecular flexibility index (Phi) is 8.32. The molecule has 0 bridgehead atoms. The van der Waals surface area contributed by atoms with Crippen molar-refractivity contribution in [2.24, 2.45) is 0 Å². The predicted octanol–water partition coefficient (Wildman–Crippen LogP) is 4.18. The summed E-state index contributed by atoms with van der Waals surface area (Å²) in [6.07, 6.45) is 8.13. The lowest BCUT2D eigenvalue weighted by molar-refractivity contribution is 0.617. The third-order valence-electron chi connectivity index (χ3n) is 3.17. The third kappa shape index (κ3) is 6.65. The number of anilines is 1. The van der Waals surface area contributed by atoms with Crippen LogP contribution >= 0.6 is 0 Å². The first-order valence-corrected chi connectivity index (χ1v) is 7.34. The van der Waals surface area contributed by atoms with Crippen LogP contribution in [0.15, 0.2) is 24.3 Å². The molecule has 2 nitrogen and oxygen atoms in total. The third-order valence-corrected chi connectivity index (χ3v) is 3.17. The maximum atomic E-state index is 3.51. The van der Waals surface area contributed by atoms with Crippen LogP contribution in [-0.4, -0.2) is 13.6 Å². The number of nitrogens with one attached hydrogen (secondary N) is 2. The van der Waals surface area contributed by atoms with Gasteiger partial charge in [-0.25, -0.2) is 0 Å². The largest absolute Gasteiger partial charge is 0.385 e. The first-order valence-electron chi connectivity index (χ1n) is 7.34. The van der Waals surface area contributed by atoms with Gasteiger partial charge < -0.3 is 10.6 Å². The average Bonchev–Trinajstić information content (AvgIpc) is 2.39. The van der Waals surface area contributed by atoms with Crippen LogP contribution in [0.1, 0.15) is 51.0 Å². The summed E-state index contributed by atoms with van der Waals surface area (Å²) >= 11 is 0. The van der Waals surface area contributed by atoms with Crippen LogP contribution in [0.25, 0.3) is 0 Å². The Labute approximate surface area is 112 Å². The standard InChI is InChI=1S/C16H28N2/c1-3-4-5-6-7-8-12-18-16-11-9-10-15(13-16)14-17-2/h9-11,13,17-18H,3-8,12,14H2,1-2H3. The number of rotatable bonds is 10. The van der Waals surface area contributed by atoms with E-state index < -0.39 is 0 Å². The highest BCUT2D eigenvalue weighted by Crippen LogP contribution is 2.11. The molecule has 1 aromatic rings. The van der Waals surface area contributed by atoms with Gasteiger partial charge >= 0.3 is 0 Å². The fourth-order valence-electron chi connectivity index (χ4n) is 2.13. The maximum absolute atomic E-state index is 3.51. The van der Waals surface area contributed by atoms with E-state index in [1.54, 1.807) is 0 Å². The first-order chi connectivity index (χ1) is 8.86. The van der Waals surface area contributed by atoms with Gasteiger partial charge in [-0.2, -0.15) is 0 Å². The van der Waals surface area contributed by atoms with Crippen molar-refractivity contribution in [2.45, 2.75) is 52.0 Å². The minimum absolute atomic E-state index is 0.937. The van der Waals surface area contributed by atoms with E-state index >= 15 is 0 Å². The molecule has 2 N–H and O–H groups in total. The molecule has 0 atom stereocenters. The summed E-state index contributed by atoms with van der Waals surface area (Å²) in [5.41, 5.74) is 2.58. The highest BCUT2D eigenvalue weighted by molar-refractivity contribution is 5.45. The summed E-state index contributed by atoms with van der Waals surface area (Å²) in [6, 6.07) is 8.66. The van der Waals surface area contributed by atoms with Crippen LogP contribution in [0, 0.1) is 0 Å². The fourth-order valence-corrected chi connectivity index (χ4v) is 2.13. The zero-order valence-electron chi connectivity index (χ0n) is 12.0. The highest BCUT2D eigenvalue weighted by atomic mass is 14.9. The Morgan fingerprint density at radius 3 is 2.56 bits per heavy atom. The van der Waals surface area contributed by atoms with E-state index in [0.717, 1.165) is 13.1 Å². The number of unbranched alkanes of at least 4 members (excludes halogenated alkanes) is 5. The van der Waals surface area contributed by atoms with E-state index in [4.69, 9.17) is 0 Å². The molecule has 0 aliphatic carbocycles. The van der Waals surface area contributed by atoms with Crippen LogP contribution in [0.5, 0.6) is 0 Å². The van der Waals surface area contributed by atoms with Crippen LogP contribution in [0.3, 0.4) is 0 Å². The molecule has 0 amide bonds. The summed E-state index contributed by atoms with van der Waals surface area (Å²) in [6.45, 7) is 4.29. The maximum Gasteiger partial charge on any atom is 0.0343 e. The Bertz CT molecular complexity index is 310. The zero-order chi connectivity index (χ0) is 13.1. The van der Waals surface area contributed by atoms with E-state index in [1.165, 1.54) is 49.8 Å². The van der Waals surface area contributed by atoms with Crippen molar-refractivity contribution in [3.05, 3.63) is 29.8 Å². The van der Waals surface area contributed by atoms with Crippen LogP contribution in [0.2, 0.25) is 0 Å². The second-order valence-electron chi connectivity index (χ2n) is 4.93. The summed E-state index contributed by atoms with van der Waals surface area (Å²) < 4.78 is 0. The summed E-state index contributed by atoms with van der Waals surface area (Å²) in [5, 5.41) is 6.69. The fraction of sp³-hybridized carbons (Fsp3) is 0.625. The van der Waals surface area contributed by atoms with E-state index in [9.17, 15) is 0 Å². The Morgan fingerprint density at radius 1 is 1.00 bits per heavy atom. The van der Waals surface area contributed by atoms with Crippen molar-refractivity contribution < 1.29 is 0 Å². The minimum Gasteiger partial charge on any atom is -0.385 e. The van der Waals surface area contributed by atoms with Gasteiger partial charge in [-0.1, -0.05) is 51.2 Å². The lowest BCUT2D eigenvalue weighted by Gasteiger charge is -2.08. The Hall–Kier alpha value is -1.02. The van der Waals surface area contributed by atoms with Gasteiger partial charge in [-0.15, -0.1) is 0 Å². The van der Waals surface area contributed by atoms with Crippen molar-refractivity contribution in [3.8, 4) is 0 Å². The molecular formula is C16H28N2. The molecule has 18 heavy (non-hydrogen) atoms. The quantitative estimate of drug-likeness (QED) is 0.607. The van der Waals surface area contributed by atoms with Crippen molar-refractivity contribution in [1.29, 1.82) is 0 Å². The number of hydrogen-bond donors (Lipinski definition) is 2. The second-order valence-corrected chi connectivity index (χ2v) is 4.93. The predicted molar refractivity (Wildman–Crippen MR) is 81.1 cm³/mol. The molecular weight excluding hydrogens is 220 g/mol. The molecule has 0 saturated heterocycles. The normalized spacial score (nSPS) is 10.6. The molecule has 1 rings (SSSR count). The van der Waals surface area contributed by atoms with Crippen LogP contribution < -0.4 is 10.6 Å². The van der Waals surface area contributed by atoms with E-state index in [1.807, 2.05) is 7.05 Å². The monoisotopic (exact) mass is 248 g/mol. The lowest BCUT2D eigenvalue weighted by atomic mass is 10.1. The average molecular weight is 248 g/mol. The van der Waals surface area contributed by atoms with Crippen LogP contribution in [-0.2, 0) is 6.54 Å². The van der Waals surface area contributed by atoms with Crippen molar-refractivity contribution in [2.75, 3.05) is 18.9 Å². The molecule has 0 aliphatic heterocycles. The molecule has 0 heterocycles. The number of benzene rings is 1. The highest BCUT2D eigenvalue weighted by Gasteiger charge is 1.95. The molecule has 0 spiro atoms. The number of hydrogen-bond acceptors (Lipinski definition) is 2. The van der Waals surface area contributed by atoms with Gasteiger partial charge in [0.05, 0.1) is 0 Å². The van der Waals surface area contributed by atoms with Gasteiger partial charge in [0.15, 0.2) is 0 Å². The van der Waals surface area contributed by atoms with E-state index in [0.29, 0.717) is 0 Å². The van der Waals surface area contributed by atoms with Gasteiger partial charge in [-0.3, -0.25) is 0 Å². The molecule has 1 aromatic carbocycles. The van der Waals surface area contributed by atoms with Crippen molar-refractivity contribution in [3.63, 3.8) is 0 Å². The minimum atomic E-state index is 0.937. The molecule has 0 aromatic heterocycles. The Morgan fingerprint density at radius 2 is 1.78 bits per heavy atom. The Balaban J connectivity index is 2.13.